The maximum Gasteiger partial charge on any atom is -0.0411 e. The zero-order valence-electron chi connectivity index (χ0n) is 28.7. The number of benzene rings is 2. The number of fused-ring (bicyclic) bond motifs is 3. The van der Waals surface area contributed by atoms with Crippen molar-refractivity contribution in [2.45, 2.75) is 135 Å². The van der Waals surface area contributed by atoms with Gasteiger partial charge in [0.15, 0.2) is 0 Å². The topological polar surface area (TPSA) is 0 Å². The third-order valence-corrected chi connectivity index (χ3v) is 12.5. The molecule has 0 N–H and O–H groups in total. The van der Waals surface area contributed by atoms with Crippen molar-refractivity contribution < 1.29 is 49.0 Å². The summed E-state index contributed by atoms with van der Waals surface area (Å²) in [5.74, 6) is 3.23. The normalized spacial score (nSPS) is 25.9. The molecule has 6 aliphatic carbocycles. The van der Waals surface area contributed by atoms with Gasteiger partial charge < -0.3 is 24.8 Å². The minimum Gasteiger partial charge on any atom is -0.210 e. The zero-order valence-corrected chi connectivity index (χ0v) is 32.6. The molecule has 0 nitrogen and oxygen atoms in total. The second kappa shape index (κ2) is 14.7. The Morgan fingerprint density at radius 3 is 1.82 bits per heavy atom. The average Bonchev–Trinajstić information content (AvgIpc) is 3.61. The first-order valence-corrected chi connectivity index (χ1v) is 18.6. The van der Waals surface area contributed by atoms with Crippen LogP contribution in [0.3, 0.4) is 0 Å². The van der Waals surface area contributed by atoms with Gasteiger partial charge in [-0.25, -0.2) is 6.07 Å². The van der Waals surface area contributed by atoms with Crippen LogP contribution < -0.4 is 24.8 Å². The first kappa shape index (κ1) is 37.0. The Bertz CT molecular complexity index is 1330. The van der Waals surface area contributed by atoms with Crippen molar-refractivity contribution in [3.63, 3.8) is 0 Å². The van der Waals surface area contributed by atoms with E-state index in [2.05, 4.69) is 102 Å². The summed E-state index contributed by atoms with van der Waals surface area (Å²) in [6.45, 7) is 13.6. The fourth-order valence-electron chi connectivity index (χ4n) is 9.16. The quantitative estimate of drug-likeness (QED) is 0.238. The van der Waals surface area contributed by atoms with Crippen LogP contribution in [-0.4, -0.2) is 3.21 Å². The zero-order chi connectivity index (χ0) is 30.4. The molecule has 0 spiro atoms. The van der Waals surface area contributed by atoms with Crippen molar-refractivity contribution in [2.75, 3.05) is 0 Å². The Balaban J connectivity index is 0.000000167. The molecule has 0 atom stereocenters. The Morgan fingerprint density at radius 2 is 1.33 bits per heavy atom. The molecule has 0 radical (unpaired) electrons. The maximum atomic E-state index is 3.53. The molecule has 6 aliphatic rings. The van der Waals surface area contributed by atoms with Crippen molar-refractivity contribution in [3.8, 4) is 11.1 Å². The monoisotopic (exact) mass is 718 g/mol. The fraction of sp³-hybridized carbons (Fsp3) is 0.571. The van der Waals surface area contributed by atoms with Gasteiger partial charge in [-0.05, 0) is 54.4 Å². The minimum atomic E-state index is 0. The van der Waals surface area contributed by atoms with Crippen LogP contribution in [0.1, 0.15) is 140 Å². The Morgan fingerprint density at radius 1 is 0.756 bits per heavy atom. The van der Waals surface area contributed by atoms with Crippen molar-refractivity contribution in [1.82, 2.24) is 0 Å². The van der Waals surface area contributed by atoms with E-state index in [1.807, 2.05) is 0 Å². The summed E-state index contributed by atoms with van der Waals surface area (Å²) in [5.41, 5.74) is 11.1. The van der Waals surface area contributed by atoms with Crippen LogP contribution in [0.15, 0.2) is 54.6 Å². The smallest absolute Gasteiger partial charge is 0.0411 e. The van der Waals surface area contributed by atoms with E-state index in [1.165, 1.54) is 84.7 Å². The first-order valence-electron chi connectivity index (χ1n) is 17.4. The van der Waals surface area contributed by atoms with E-state index in [1.54, 1.807) is 52.3 Å². The van der Waals surface area contributed by atoms with E-state index in [0.29, 0.717) is 5.41 Å². The number of hydrogen-bond acceptors (Lipinski definition) is 0. The molecular formula is C42H54Cl2Zr-2. The van der Waals surface area contributed by atoms with E-state index in [0.717, 1.165) is 24.2 Å². The van der Waals surface area contributed by atoms with Crippen LogP contribution in [0.2, 0.25) is 0 Å². The number of halogens is 2. The third kappa shape index (κ3) is 8.41. The second-order valence-electron chi connectivity index (χ2n) is 16.9. The van der Waals surface area contributed by atoms with Gasteiger partial charge in [-0.15, -0.1) is 5.56 Å². The molecule has 9 rings (SSSR count). The molecule has 3 aromatic rings. The molecule has 0 amide bonds. The van der Waals surface area contributed by atoms with Crippen molar-refractivity contribution >= 4 is 3.21 Å². The van der Waals surface area contributed by atoms with Gasteiger partial charge in [0.25, 0.3) is 0 Å². The molecule has 45 heavy (non-hydrogen) atoms. The van der Waals surface area contributed by atoms with Gasteiger partial charge in [0.05, 0.1) is 0 Å². The van der Waals surface area contributed by atoms with Crippen molar-refractivity contribution in [1.29, 1.82) is 0 Å². The van der Waals surface area contributed by atoms with E-state index in [-0.39, 0.29) is 35.6 Å². The Kier molecular flexibility index (Phi) is 12.1. The van der Waals surface area contributed by atoms with E-state index >= 15 is 0 Å². The molecule has 4 bridgehead atoms. The van der Waals surface area contributed by atoms with Crippen LogP contribution in [0.5, 0.6) is 0 Å². The van der Waals surface area contributed by atoms with Crippen LogP contribution >= 0.6 is 0 Å². The molecule has 5 fully saturated rings. The summed E-state index contributed by atoms with van der Waals surface area (Å²) in [6, 6.07) is 24.3. The fourth-order valence-corrected chi connectivity index (χ4v) is 10.0. The predicted molar refractivity (Wildman–Crippen MR) is 181 cm³/mol. The summed E-state index contributed by atoms with van der Waals surface area (Å²) in [4.78, 5) is 0. The van der Waals surface area contributed by atoms with E-state index in [9.17, 15) is 0 Å². The number of rotatable bonds is 1. The molecule has 3 heteroatoms. The van der Waals surface area contributed by atoms with Gasteiger partial charge >= 0.3 is 59.5 Å². The SMILES string of the molecule is CC(C)(C)c1c[c-]c2c(c1)-c1cc(C(C)(C)C)ccc1C2.[Cl-].[Cl-].[Zr+2]=[C]1CCCCC1.c1cc(C23CC4CC(CC(C4)C2)C3)c[cH-]1. The average molecular weight is 721 g/mol. The van der Waals surface area contributed by atoms with Gasteiger partial charge in [-0.2, -0.15) is 53.1 Å². The van der Waals surface area contributed by atoms with Crippen LogP contribution in [-0.2, 0) is 46.9 Å². The summed E-state index contributed by atoms with van der Waals surface area (Å²) in [6.07, 6.45) is 17.5. The molecule has 242 valence electrons. The Hall–Kier alpha value is -0.877. The largest absolute Gasteiger partial charge is 0.210 e. The number of hydrogen-bond donors (Lipinski definition) is 0. The molecule has 0 unspecified atom stereocenters. The molecule has 0 saturated heterocycles. The van der Waals surface area contributed by atoms with Crippen LogP contribution in [0.25, 0.3) is 11.1 Å². The maximum absolute atomic E-state index is 3.53. The minimum absolute atomic E-state index is 0. The Labute approximate surface area is 302 Å². The summed E-state index contributed by atoms with van der Waals surface area (Å²) >= 11 is 1.69. The standard InChI is InChI=1S/C21H25.C15H19.C6H10.2ClH.Zr/c1-20(2,3)16-9-7-14-11-15-8-10-17(21(4,5)6)13-19(15)18(14)12-16;1-2-4-14(3-1)15-8-11-5-12(9-15)7-13(6-11)10-15;1-2-4-6-5-3-1;;;/h7,9-10,12-13H,11H2,1-6H3;1-4,11-13H,5-10H2;1-5H2;2*1H;/q2*-1;;;;+2/p-2. The van der Waals surface area contributed by atoms with Crippen molar-refractivity contribution in [2.24, 2.45) is 17.8 Å². The summed E-state index contributed by atoms with van der Waals surface area (Å²) < 4.78 is 1.80. The van der Waals surface area contributed by atoms with Gasteiger partial charge in [-0.3, -0.25) is 0 Å². The predicted octanol–water partition coefficient (Wildman–Crippen LogP) is 5.20. The summed E-state index contributed by atoms with van der Waals surface area (Å²) in [7, 11) is 0. The summed E-state index contributed by atoms with van der Waals surface area (Å²) in [5, 5.41) is 0. The third-order valence-electron chi connectivity index (χ3n) is 11.3. The van der Waals surface area contributed by atoms with Crippen LogP contribution in [0.4, 0.5) is 0 Å². The molecule has 0 aromatic heterocycles. The molecule has 0 aliphatic heterocycles. The van der Waals surface area contributed by atoms with E-state index in [4.69, 9.17) is 0 Å². The molecule has 3 aromatic carbocycles. The van der Waals surface area contributed by atoms with Gasteiger partial charge in [0.2, 0.25) is 0 Å². The molecule has 0 heterocycles. The van der Waals surface area contributed by atoms with Gasteiger partial charge in [0.1, 0.15) is 0 Å². The first-order chi connectivity index (χ1) is 20.4. The second-order valence-corrected chi connectivity index (χ2v) is 18.6. The van der Waals surface area contributed by atoms with Crippen molar-refractivity contribution in [3.05, 3.63) is 88.5 Å². The molecular weight excluding hydrogens is 667 g/mol. The van der Waals surface area contributed by atoms with Gasteiger partial charge in [0, 0.05) is 0 Å². The van der Waals surface area contributed by atoms with Crippen LogP contribution in [0, 0.1) is 23.8 Å². The van der Waals surface area contributed by atoms with Gasteiger partial charge in [-0.1, -0.05) is 101 Å². The van der Waals surface area contributed by atoms with E-state index < -0.39 is 0 Å². The molecule has 5 saturated carbocycles.